The average Bonchev–Trinajstić information content (AvgIpc) is 2.87. The largest absolute Gasteiger partial charge is 0.391 e. The van der Waals surface area contributed by atoms with E-state index < -0.39 is 12.1 Å². The topological polar surface area (TPSA) is 98.7 Å². The highest BCUT2D eigenvalue weighted by Crippen LogP contribution is 2.21. The fourth-order valence-electron chi connectivity index (χ4n) is 2.56. The van der Waals surface area contributed by atoms with Gasteiger partial charge in [-0.1, -0.05) is 31.5 Å². The summed E-state index contributed by atoms with van der Waals surface area (Å²) in [7, 11) is 0. The standard InChI is InChI=1S/C17H23N3O4/c1-2-5-13(21)10-18-17(24)19-14-7-4-3-6-12(14)11-20-15(22)8-9-16(20)23/h3-4,6-7,13,21H,2,5,8-11H2,1H3,(H2,18,19,24)/t13-/m0/s1. The van der Waals surface area contributed by atoms with Crippen LogP contribution in [0.25, 0.3) is 0 Å². The van der Waals surface area contributed by atoms with E-state index in [1.807, 2.05) is 6.92 Å². The van der Waals surface area contributed by atoms with Crippen LogP contribution in [0.15, 0.2) is 24.3 Å². The van der Waals surface area contributed by atoms with Crippen molar-refractivity contribution in [1.29, 1.82) is 0 Å². The Balaban J connectivity index is 1.97. The molecule has 2 rings (SSSR count). The molecular formula is C17H23N3O4. The Kier molecular flexibility index (Phi) is 6.31. The van der Waals surface area contributed by atoms with Gasteiger partial charge in [-0.15, -0.1) is 0 Å². The number of anilines is 1. The second-order valence-corrected chi connectivity index (χ2v) is 5.81. The Morgan fingerprint density at radius 2 is 1.92 bits per heavy atom. The zero-order chi connectivity index (χ0) is 17.5. The van der Waals surface area contributed by atoms with Gasteiger partial charge < -0.3 is 15.7 Å². The number of benzene rings is 1. The van der Waals surface area contributed by atoms with Gasteiger partial charge in [0.15, 0.2) is 0 Å². The predicted octanol–water partition coefficient (Wildman–Crippen LogP) is 1.62. The summed E-state index contributed by atoms with van der Waals surface area (Å²) in [5, 5.41) is 15.0. The van der Waals surface area contributed by atoms with Gasteiger partial charge in [0.25, 0.3) is 0 Å². The van der Waals surface area contributed by atoms with Gasteiger partial charge >= 0.3 is 6.03 Å². The molecule has 7 nitrogen and oxygen atoms in total. The fourth-order valence-corrected chi connectivity index (χ4v) is 2.56. The molecule has 0 spiro atoms. The molecule has 0 bridgehead atoms. The minimum Gasteiger partial charge on any atom is -0.391 e. The molecule has 1 fully saturated rings. The molecule has 3 N–H and O–H groups in total. The van der Waals surface area contributed by atoms with Gasteiger partial charge in [0, 0.05) is 25.1 Å². The highest BCUT2D eigenvalue weighted by Gasteiger charge is 2.29. The number of likely N-dealkylation sites (tertiary alicyclic amines) is 1. The van der Waals surface area contributed by atoms with Crippen LogP contribution in [0, 0.1) is 0 Å². The van der Waals surface area contributed by atoms with Crippen LogP contribution in [-0.4, -0.2) is 40.5 Å². The molecule has 7 heteroatoms. The Morgan fingerprint density at radius 3 is 2.58 bits per heavy atom. The number of carbonyl (C=O) groups excluding carboxylic acids is 3. The number of amides is 4. The summed E-state index contributed by atoms with van der Waals surface area (Å²) in [6, 6.07) is 6.59. The first-order valence-corrected chi connectivity index (χ1v) is 8.15. The van der Waals surface area contributed by atoms with E-state index >= 15 is 0 Å². The lowest BCUT2D eigenvalue weighted by Crippen LogP contribution is -2.35. The highest BCUT2D eigenvalue weighted by atomic mass is 16.3. The Labute approximate surface area is 141 Å². The zero-order valence-electron chi connectivity index (χ0n) is 13.7. The number of urea groups is 1. The first kappa shape index (κ1) is 17.9. The maximum absolute atomic E-state index is 12.0. The molecule has 1 heterocycles. The lowest BCUT2D eigenvalue weighted by atomic mass is 10.1. The van der Waals surface area contributed by atoms with E-state index in [-0.39, 0.29) is 37.7 Å². The van der Waals surface area contributed by atoms with Crippen molar-refractivity contribution in [3.05, 3.63) is 29.8 Å². The summed E-state index contributed by atoms with van der Waals surface area (Å²) in [6.07, 6.45) is 1.37. The Morgan fingerprint density at radius 1 is 1.25 bits per heavy atom. The third kappa shape index (κ3) is 4.79. The molecule has 0 aliphatic carbocycles. The maximum Gasteiger partial charge on any atom is 0.319 e. The van der Waals surface area contributed by atoms with Crippen molar-refractivity contribution in [2.45, 2.75) is 45.3 Å². The van der Waals surface area contributed by atoms with Crippen molar-refractivity contribution >= 4 is 23.5 Å². The van der Waals surface area contributed by atoms with Gasteiger partial charge in [-0.2, -0.15) is 0 Å². The number of aliphatic hydroxyl groups is 1. The van der Waals surface area contributed by atoms with Crippen LogP contribution in [0.5, 0.6) is 0 Å². The molecule has 1 saturated heterocycles. The van der Waals surface area contributed by atoms with Crippen LogP contribution in [0.1, 0.15) is 38.2 Å². The van der Waals surface area contributed by atoms with E-state index in [1.165, 1.54) is 4.90 Å². The minimum absolute atomic E-state index is 0.145. The molecule has 0 saturated carbocycles. The van der Waals surface area contributed by atoms with E-state index in [0.29, 0.717) is 17.7 Å². The molecule has 1 aliphatic rings. The summed E-state index contributed by atoms with van der Waals surface area (Å²) >= 11 is 0. The quantitative estimate of drug-likeness (QED) is 0.660. The van der Waals surface area contributed by atoms with Crippen LogP contribution in [-0.2, 0) is 16.1 Å². The summed E-state index contributed by atoms with van der Waals surface area (Å²) in [5.74, 6) is -0.385. The van der Waals surface area contributed by atoms with E-state index in [0.717, 1.165) is 6.42 Å². The SMILES string of the molecule is CCC[C@H](O)CNC(=O)Nc1ccccc1CN1C(=O)CCC1=O. The van der Waals surface area contributed by atoms with Gasteiger partial charge in [-0.25, -0.2) is 4.79 Å². The average molecular weight is 333 g/mol. The number of hydrogen-bond donors (Lipinski definition) is 3. The molecule has 1 atom stereocenters. The van der Waals surface area contributed by atoms with Crippen molar-refractivity contribution in [3.8, 4) is 0 Å². The second-order valence-electron chi connectivity index (χ2n) is 5.81. The van der Waals surface area contributed by atoms with Gasteiger partial charge in [0.05, 0.1) is 12.6 Å². The van der Waals surface area contributed by atoms with Gasteiger partial charge in [0.1, 0.15) is 0 Å². The minimum atomic E-state index is -0.573. The lowest BCUT2D eigenvalue weighted by molar-refractivity contribution is -0.139. The van der Waals surface area contributed by atoms with Crippen molar-refractivity contribution in [1.82, 2.24) is 10.2 Å². The number of hydrogen-bond acceptors (Lipinski definition) is 4. The molecule has 1 aliphatic heterocycles. The second kappa shape index (κ2) is 8.44. The van der Waals surface area contributed by atoms with Crippen LogP contribution in [0.4, 0.5) is 10.5 Å². The van der Waals surface area contributed by atoms with Gasteiger partial charge in [-0.05, 0) is 18.1 Å². The van der Waals surface area contributed by atoms with Gasteiger partial charge in [-0.3, -0.25) is 14.5 Å². The van der Waals surface area contributed by atoms with E-state index in [1.54, 1.807) is 24.3 Å². The highest BCUT2D eigenvalue weighted by molar-refractivity contribution is 6.02. The smallest absolute Gasteiger partial charge is 0.319 e. The number of aliphatic hydroxyl groups excluding tert-OH is 1. The van der Waals surface area contributed by atoms with E-state index in [4.69, 9.17) is 0 Å². The molecule has 24 heavy (non-hydrogen) atoms. The normalized spacial score (nSPS) is 15.5. The van der Waals surface area contributed by atoms with Crippen molar-refractivity contribution in [2.75, 3.05) is 11.9 Å². The summed E-state index contributed by atoms with van der Waals surface area (Å²) in [6.45, 7) is 2.28. The molecule has 130 valence electrons. The van der Waals surface area contributed by atoms with Crippen LogP contribution in [0.3, 0.4) is 0 Å². The molecule has 0 unspecified atom stereocenters. The fraction of sp³-hybridized carbons (Fsp3) is 0.471. The summed E-state index contributed by atoms with van der Waals surface area (Å²) in [5.41, 5.74) is 1.22. The molecular weight excluding hydrogens is 310 g/mol. The number of rotatable bonds is 7. The van der Waals surface area contributed by atoms with E-state index in [2.05, 4.69) is 10.6 Å². The molecule has 1 aromatic rings. The first-order valence-electron chi connectivity index (χ1n) is 8.15. The van der Waals surface area contributed by atoms with Gasteiger partial charge in [0.2, 0.25) is 11.8 Å². The third-order valence-corrected chi connectivity index (χ3v) is 3.87. The molecule has 0 aromatic heterocycles. The lowest BCUT2D eigenvalue weighted by Gasteiger charge is -2.17. The van der Waals surface area contributed by atoms with Crippen molar-refractivity contribution in [3.63, 3.8) is 0 Å². The van der Waals surface area contributed by atoms with Crippen molar-refractivity contribution < 1.29 is 19.5 Å². The number of carbonyl (C=O) groups is 3. The van der Waals surface area contributed by atoms with Crippen LogP contribution >= 0.6 is 0 Å². The Bertz CT molecular complexity index is 602. The monoisotopic (exact) mass is 333 g/mol. The molecule has 1 aromatic carbocycles. The number of nitrogens with zero attached hydrogens (tertiary/aromatic N) is 1. The maximum atomic E-state index is 12.0. The number of para-hydroxylation sites is 1. The first-order chi connectivity index (χ1) is 11.5. The molecule has 4 amide bonds. The van der Waals surface area contributed by atoms with Crippen LogP contribution in [0.2, 0.25) is 0 Å². The predicted molar refractivity (Wildman–Crippen MR) is 89.2 cm³/mol. The number of nitrogens with one attached hydrogen (secondary N) is 2. The Hall–Kier alpha value is -2.41. The molecule has 0 radical (unpaired) electrons. The third-order valence-electron chi connectivity index (χ3n) is 3.87. The summed E-state index contributed by atoms with van der Waals surface area (Å²) in [4.78, 5) is 36.6. The zero-order valence-corrected chi connectivity index (χ0v) is 13.7. The van der Waals surface area contributed by atoms with E-state index in [9.17, 15) is 19.5 Å². The van der Waals surface area contributed by atoms with Crippen molar-refractivity contribution in [2.24, 2.45) is 0 Å². The number of imide groups is 1. The summed E-state index contributed by atoms with van der Waals surface area (Å²) < 4.78 is 0. The van der Waals surface area contributed by atoms with Crippen LogP contribution < -0.4 is 10.6 Å².